The van der Waals surface area contributed by atoms with E-state index in [-0.39, 0.29) is 5.60 Å². The second-order valence-corrected chi connectivity index (χ2v) is 5.66. The van der Waals surface area contributed by atoms with Gasteiger partial charge >= 0.3 is 0 Å². The zero-order chi connectivity index (χ0) is 14.0. The number of aliphatic hydroxyl groups is 1. The van der Waals surface area contributed by atoms with E-state index in [9.17, 15) is 5.11 Å². The fourth-order valence-corrected chi connectivity index (χ4v) is 3.05. The van der Waals surface area contributed by atoms with Crippen LogP contribution >= 0.6 is 0 Å². The Kier molecular flexibility index (Phi) is 4.16. The first-order valence-electron chi connectivity index (χ1n) is 6.90. The third-order valence-corrected chi connectivity index (χ3v) is 4.31. The largest absolute Gasteiger partial charge is 0.496 e. The normalized spacial score (nSPS) is 18.8. The van der Waals surface area contributed by atoms with Crippen LogP contribution in [0.2, 0.25) is 0 Å². The van der Waals surface area contributed by atoms with Crippen molar-refractivity contribution in [3.63, 3.8) is 0 Å². The molecule has 0 amide bonds. The van der Waals surface area contributed by atoms with Crippen LogP contribution in [0.5, 0.6) is 5.75 Å². The molecule has 0 heterocycles. The maximum atomic E-state index is 10.6. The molecule has 106 valence electrons. The summed E-state index contributed by atoms with van der Waals surface area (Å²) in [5, 5.41) is 10.6. The van der Waals surface area contributed by atoms with Crippen LogP contribution in [-0.2, 0) is 4.74 Å². The summed E-state index contributed by atoms with van der Waals surface area (Å²) in [6.07, 6.45) is 3.37. The lowest BCUT2D eigenvalue weighted by Crippen LogP contribution is -2.40. The maximum Gasteiger partial charge on any atom is 0.125 e. The van der Waals surface area contributed by atoms with E-state index in [2.05, 4.69) is 6.07 Å². The number of aryl methyl sites for hydroxylation is 2. The molecule has 3 nitrogen and oxygen atoms in total. The van der Waals surface area contributed by atoms with Crippen molar-refractivity contribution < 1.29 is 14.6 Å². The quantitative estimate of drug-likeness (QED) is 0.886. The van der Waals surface area contributed by atoms with E-state index in [1.165, 1.54) is 6.42 Å². The van der Waals surface area contributed by atoms with E-state index in [0.29, 0.717) is 6.42 Å². The first-order valence-corrected chi connectivity index (χ1v) is 6.90. The van der Waals surface area contributed by atoms with Gasteiger partial charge in [-0.1, -0.05) is 6.07 Å². The van der Waals surface area contributed by atoms with Crippen molar-refractivity contribution in [1.29, 1.82) is 0 Å². The number of ether oxygens (including phenoxy) is 2. The molecule has 0 saturated heterocycles. The minimum absolute atomic E-state index is 0.137. The van der Waals surface area contributed by atoms with Crippen LogP contribution < -0.4 is 4.74 Å². The van der Waals surface area contributed by atoms with Gasteiger partial charge in [0.15, 0.2) is 0 Å². The van der Waals surface area contributed by atoms with E-state index in [1.54, 1.807) is 14.2 Å². The van der Waals surface area contributed by atoms with E-state index in [4.69, 9.17) is 9.47 Å². The van der Waals surface area contributed by atoms with E-state index < -0.39 is 6.10 Å². The molecule has 1 aliphatic rings. The lowest BCUT2D eigenvalue weighted by molar-refractivity contribution is -0.100. The monoisotopic (exact) mass is 264 g/mol. The van der Waals surface area contributed by atoms with Gasteiger partial charge in [0.2, 0.25) is 0 Å². The van der Waals surface area contributed by atoms with Crippen molar-refractivity contribution in [2.45, 2.75) is 51.2 Å². The summed E-state index contributed by atoms with van der Waals surface area (Å²) < 4.78 is 11.0. The summed E-state index contributed by atoms with van der Waals surface area (Å²) in [6.45, 7) is 4.06. The zero-order valence-corrected chi connectivity index (χ0v) is 12.3. The Morgan fingerprint density at radius 2 is 1.95 bits per heavy atom. The molecule has 0 spiro atoms. The molecule has 1 aromatic rings. The van der Waals surface area contributed by atoms with Gasteiger partial charge in [-0.15, -0.1) is 0 Å². The molecule has 3 heteroatoms. The summed E-state index contributed by atoms with van der Waals surface area (Å²) in [7, 11) is 3.39. The predicted octanol–water partition coefficient (Wildman–Crippen LogP) is 3.30. The Bertz CT molecular complexity index is 444. The third kappa shape index (κ3) is 2.77. The Morgan fingerprint density at radius 3 is 2.42 bits per heavy atom. The summed E-state index contributed by atoms with van der Waals surface area (Å²) in [4.78, 5) is 0. The second kappa shape index (κ2) is 5.51. The number of rotatable bonds is 5. The molecule has 0 radical (unpaired) electrons. The highest BCUT2D eigenvalue weighted by atomic mass is 16.5. The molecule has 1 aromatic carbocycles. The summed E-state index contributed by atoms with van der Waals surface area (Å²) >= 11 is 0. The smallest absolute Gasteiger partial charge is 0.125 e. The first kappa shape index (κ1) is 14.4. The molecule has 1 saturated carbocycles. The van der Waals surface area contributed by atoms with E-state index >= 15 is 0 Å². The second-order valence-electron chi connectivity index (χ2n) is 5.66. The van der Waals surface area contributed by atoms with Crippen molar-refractivity contribution in [2.75, 3.05) is 14.2 Å². The molecule has 2 rings (SSSR count). The molecule has 1 unspecified atom stereocenters. The predicted molar refractivity (Wildman–Crippen MR) is 75.6 cm³/mol. The van der Waals surface area contributed by atoms with E-state index in [1.807, 2.05) is 19.9 Å². The van der Waals surface area contributed by atoms with Gasteiger partial charge in [0.25, 0.3) is 0 Å². The minimum atomic E-state index is -0.532. The van der Waals surface area contributed by atoms with Gasteiger partial charge < -0.3 is 14.6 Å². The van der Waals surface area contributed by atoms with Gasteiger partial charge in [-0.05, 0) is 50.3 Å². The molecule has 0 aromatic heterocycles. The Morgan fingerprint density at radius 1 is 1.26 bits per heavy atom. The topological polar surface area (TPSA) is 38.7 Å². The maximum absolute atomic E-state index is 10.6. The molecule has 0 aliphatic heterocycles. The SMILES string of the molecule is COc1cc(C)cc(C)c1C(O)CC1(OC)CCC1. The highest BCUT2D eigenvalue weighted by Gasteiger charge is 2.39. The number of hydrogen-bond acceptors (Lipinski definition) is 3. The summed E-state index contributed by atoms with van der Waals surface area (Å²) in [6, 6.07) is 4.06. The molecule has 1 aliphatic carbocycles. The highest BCUT2D eigenvalue weighted by molar-refractivity contribution is 5.44. The lowest BCUT2D eigenvalue weighted by Gasteiger charge is -2.42. The molecule has 0 bridgehead atoms. The molecular formula is C16H24O3. The van der Waals surface area contributed by atoms with Crippen LogP contribution in [0.25, 0.3) is 0 Å². The molecular weight excluding hydrogens is 240 g/mol. The standard InChI is InChI=1S/C16H24O3/c1-11-8-12(2)15(14(9-11)18-3)13(17)10-16(19-4)6-5-7-16/h8-9,13,17H,5-7,10H2,1-4H3. The van der Waals surface area contributed by atoms with Crippen molar-refractivity contribution in [3.05, 3.63) is 28.8 Å². The number of aliphatic hydroxyl groups excluding tert-OH is 1. The van der Waals surface area contributed by atoms with Gasteiger partial charge in [0.05, 0.1) is 18.8 Å². The third-order valence-electron chi connectivity index (χ3n) is 4.31. The fraction of sp³-hybridized carbons (Fsp3) is 0.625. The minimum Gasteiger partial charge on any atom is -0.496 e. The van der Waals surface area contributed by atoms with Gasteiger partial charge in [-0.25, -0.2) is 0 Å². The van der Waals surface area contributed by atoms with Crippen LogP contribution in [0.3, 0.4) is 0 Å². The van der Waals surface area contributed by atoms with Crippen molar-refractivity contribution in [2.24, 2.45) is 0 Å². The summed E-state index contributed by atoms with van der Waals surface area (Å²) in [5.74, 6) is 0.774. The first-order chi connectivity index (χ1) is 9.01. The van der Waals surface area contributed by atoms with Crippen LogP contribution in [0.4, 0.5) is 0 Å². The Labute approximate surface area is 115 Å². The number of hydrogen-bond donors (Lipinski definition) is 1. The van der Waals surface area contributed by atoms with Crippen LogP contribution in [-0.4, -0.2) is 24.9 Å². The zero-order valence-electron chi connectivity index (χ0n) is 12.3. The van der Waals surface area contributed by atoms with Crippen molar-refractivity contribution >= 4 is 0 Å². The summed E-state index contributed by atoms with van der Waals surface area (Å²) in [5.41, 5.74) is 2.99. The lowest BCUT2D eigenvalue weighted by atomic mass is 9.75. The highest BCUT2D eigenvalue weighted by Crippen LogP contribution is 2.43. The van der Waals surface area contributed by atoms with Gasteiger partial charge in [-0.2, -0.15) is 0 Å². The van der Waals surface area contributed by atoms with Crippen LogP contribution in [0, 0.1) is 13.8 Å². The average molecular weight is 264 g/mol. The Balaban J connectivity index is 2.25. The van der Waals surface area contributed by atoms with Crippen molar-refractivity contribution in [1.82, 2.24) is 0 Å². The number of benzene rings is 1. The molecule has 1 fully saturated rings. The average Bonchev–Trinajstić information content (AvgIpc) is 2.32. The number of methoxy groups -OCH3 is 2. The molecule has 1 atom stereocenters. The Hall–Kier alpha value is -1.06. The van der Waals surface area contributed by atoms with Gasteiger partial charge in [-0.3, -0.25) is 0 Å². The van der Waals surface area contributed by atoms with Crippen LogP contribution in [0.1, 0.15) is 48.5 Å². The molecule has 1 N–H and O–H groups in total. The van der Waals surface area contributed by atoms with Gasteiger partial charge in [0, 0.05) is 19.1 Å². The van der Waals surface area contributed by atoms with E-state index in [0.717, 1.165) is 35.3 Å². The van der Waals surface area contributed by atoms with Gasteiger partial charge in [0.1, 0.15) is 5.75 Å². The molecule has 19 heavy (non-hydrogen) atoms. The fourth-order valence-electron chi connectivity index (χ4n) is 3.05. The van der Waals surface area contributed by atoms with Crippen molar-refractivity contribution in [3.8, 4) is 5.75 Å². The van der Waals surface area contributed by atoms with Crippen LogP contribution in [0.15, 0.2) is 12.1 Å².